The number of halogens is 1. The molecule has 1 aliphatic rings. The van der Waals surface area contributed by atoms with Crippen LogP contribution in [0.3, 0.4) is 0 Å². The molecular weight excluding hydrogens is 354 g/mol. The number of benzene rings is 1. The molecule has 26 heavy (non-hydrogen) atoms. The van der Waals surface area contributed by atoms with Crippen LogP contribution in [-0.2, 0) is 17.8 Å². The van der Waals surface area contributed by atoms with E-state index in [1.807, 2.05) is 30.3 Å². The maximum Gasteiger partial charge on any atom is 0.228 e. The monoisotopic (exact) mass is 379 g/mol. The number of piperazine rings is 1. The predicted octanol–water partition coefficient (Wildman–Crippen LogP) is 1.66. The highest BCUT2D eigenvalue weighted by atomic mass is 35.5. The van der Waals surface area contributed by atoms with E-state index in [9.17, 15) is 4.79 Å². The third-order valence-corrected chi connectivity index (χ3v) is 4.55. The Morgan fingerprint density at radius 3 is 2.85 bits per heavy atom. The lowest BCUT2D eigenvalue weighted by atomic mass is 10.2. The molecule has 1 aliphatic heterocycles. The molecule has 1 aromatic carbocycles. The Hall–Kier alpha value is -1.96. The lowest BCUT2D eigenvalue weighted by molar-refractivity contribution is -0.129. The van der Waals surface area contributed by atoms with Gasteiger partial charge in [-0.15, -0.1) is 12.4 Å². The zero-order valence-corrected chi connectivity index (χ0v) is 16.0. The number of likely N-dealkylation sites (N-methyl/N-ethyl adjacent to an activating group) is 1. The summed E-state index contributed by atoms with van der Waals surface area (Å²) in [6, 6.07) is 10.1. The van der Waals surface area contributed by atoms with E-state index in [1.54, 1.807) is 11.8 Å². The normalized spacial score (nSPS) is 17.5. The first-order valence-corrected chi connectivity index (χ1v) is 8.66. The average Bonchev–Trinajstić information content (AvgIpc) is 3.08. The summed E-state index contributed by atoms with van der Waals surface area (Å²) in [6.07, 6.45) is 0.559. The van der Waals surface area contributed by atoms with Crippen LogP contribution in [0, 0.1) is 0 Å². The van der Waals surface area contributed by atoms with E-state index < -0.39 is 0 Å². The molecule has 3 rings (SSSR count). The largest absolute Gasteiger partial charge is 0.339 e. The lowest BCUT2D eigenvalue weighted by Gasteiger charge is -2.30. The van der Waals surface area contributed by atoms with Crippen molar-refractivity contribution >= 4 is 18.3 Å². The maximum atomic E-state index is 11.9. The van der Waals surface area contributed by atoms with Gasteiger partial charge >= 0.3 is 0 Å². The molecule has 1 aromatic heterocycles. The molecule has 1 atom stereocenters. The zero-order valence-electron chi connectivity index (χ0n) is 15.2. The van der Waals surface area contributed by atoms with Crippen molar-refractivity contribution in [2.75, 3.05) is 33.2 Å². The van der Waals surface area contributed by atoms with Crippen LogP contribution in [0.15, 0.2) is 34.9 Å². The Bertz CT molecular complexity index is 694. The second-order valence-corrected chi connectivity index (χ2v) is 6.42. The number of hydrogen-bond donors (Lipinski definition) is 1. The number of carbonyl (C=O) groups is 1. The maximum absolute atomic E-state index is 11.9. The minimum atomic E-state index is 0. The van der Waals surface area contributed by atoms with E-state index in [2.05, 4.69) is 27.4 Å². The van der Waals surface area contributed by atoms with Gasteiger partial charge in [0, 0.05) is 46.1 Å². The van der Waals surface area contributed by atoms with Crippen LogP contribution in [0.1, 0.15) is 30.2 Å². The van der Waals surface area contributed by atoms with Gasteiger partial charge in [0.05, 0.1) is 6.04 Å². The highest BCUT2D eigenvalue weighted by Gasteiger charge is 2.25. The first kappa shape index (κ1) is 20.4. The van der Waals surface area contributed by atoms with Crippen molar-refractivity contribution in [1.29, 1.82) is 0 Å². The van der Waals surface area contributed by atoms with Crippen molar-refractivity contribution in [2.24, 2.45) is 0 Å². The number of rotatable bonds is 6. The van der Waals surface area contributed by atoms with Gasteiger partial charge in [-0.1, -0.05) is 35.5 Å². The summed E-state index contributed by atoms with van der Waals surface area (Å²) < 4.78 is 5.39. The van der Waals surface area contributed by atoms with E-state index in [0.717, 1.165) is 25.2 Å². The minimum Gasteiger partial charge on any atom is -0.339 e. The summed E-state index contributed by atoms with van der Waals surface area (Å²) in [5.74, 6) is 1.33. The summed E-state index contributed by atoms with van der Waals surface area (Å²) in [5.41, 5.74) is 1.11. The molecule has 2 heterocycles. The fourth-order valence-electron chi connectivity index (χ4n) is 2.98. The third kappa shape index (κ3) is 5.27. The van der Waals surface area contributed by atoms with Crippen molar-refractivity contribution in [2.45, 2.75) is 25.9 Å². The van der Waals surface area contributed by atoms with Gasteiger partial charge in [-0.05, 0) is 12.6 Å². The Morgan fingerprint density at radius 2 is 2.15 bits per heavy atom. The van der Waals surface area contributed by atoms with Crippen molar-refractivity contribution in [3.63, 3.8) is 0 Å². The lowest BCUT2D eigenvalue weighted by Crippen LogP contribution is -2.44. The van der Waals surface area contributed by atoms with Gasteiger partial charge in [0.2, 0.25) is 11.8 Å². The van der Waals surface area contributed by atoms with Crippen LogP contribution in [0.25, 0.3) is 0 Å². The van der Waals surface area contributed by atoms with Gasteiger partial charge < -0.3 is 14.7 Å². The molecule has 0 saturated carbocycles. The van der Waals surface area contributed by atoms with Crippen LogP contribution in [0.5, 0.6) is 0 Å². The van der Waals surface area contributed by atoms with Gasteiger partial charge in [-0.25, -0.2) is 0 Å². The zero-order chi connectivity index (χ0) is 17.6. The van der Waals surface area contributed by atoms with E-state index in [0.29, 0.717) is 31.2 Å². The second kappa shape index (κ2) is 9.66. The van der Waals surface area contributed by atoms with Gasteiger partial charge in [-0.3, -0.25) is 9.69 Å². The second-order valence-electron chi connectivity index (χ2n) is 6.42. The molecule has 7 nitrogen and oxygen atoms in total. The minimum absolute atomic E-state index is 0. The van der Waals surface area contributed by atoms with Crippen molar-refractivity contribution in [3.05, 3.63) is 47.6 Å². The van der Waals surface area contributed by atoms with Gasteiger partial charge in [0.1, 0.15) is 0 Å². The Labute approximate surface area is 160 Å². The first-order chi connectivity index (χ1) is 12.1. The summed E-state index contributed by atoms with van der Waals surface area (Å²) in [7, 11) is 2.07. The third-order valence-electron chi connectivity index (χ3n) is 4.55. The predicted molar refractivity (Wildman–Crippen MR) is 101 cm³/mol. The van der Waals surface area contributed by atoms with Crippen LogP contribution in [0.4, 0.5) is 0 Å². The number of amides is 1. The molecule has 142 valence electrons. The Kier molecular flexibility index (Phi) is 7.56. The molecule has 8 heteroatoms. The molecule has 1 N–H and O–H groups in total. The number of carbonyl (C=O) groups excluding carboxylic acids is 1. The molecule has 1 unspecified atom stereocenters. The number of nitrogens with zero attached hydrogens (tertiary/aromatic N) is 4. The molecule has 0 aliphatic carbocycles. The highest BCUT2D eigenvalue weighted by Crippen LogP contribution is 2.17. The van der Waals surface area contributed by atoms with Crippen LogP contribution < -0.4 is 5.32 Å². The molecule has 0 radical (unpaired) electrons. The van der Waals surface area contributed by atoms with Gasteiger partial charge in [0.15, 0.2) is 5.82 Å². The Balaban J connectivity index is 0.00000243. The van der Waals surface area contributed by atoms with Gasteiger partial charge in [0.25, 0.3) is 0 Å². The van der Waals surface area contributed by atoms with E-state index in [1.165, 1.54) is 0 Å². The molecular formula is C18H26ClN5O2. The number of hydrogen-bond acceptors (Lipinski definition) is 6. The summed E-state index contributed by atoms with van der Waals surface area (Å²) in [6.45, 7) is 5.50. The first-order valence-electron chi connectivity index (χ1n) is 8.66. The highest BCUT2D eigenvalue weighted by molar-refractivity contribution is 5.85. The number of aromatic nitrogens is 2. The van der Waals surface area contributed by atoms with Crippen LogP contribution >= 0.6 is 12.4 Å². The van der Waals surface area contributed by atoms with Gasteiger partial charge in [-0.2, -0.15) is 4.98 Å². The summed E-state index contributed by atoms with van der Waals surface area (Å²) in [4.78, 5) is 20.5. The van der Waals surface area contributed by atoms with Crippen molar-refractivity contribution in [1.82, 2.24) is 25.3 Å². The molecule has 1 fully saturated rings. The van der Waals surface area contributed by atoms with Crippen LogP contribution in [-0.4, -0.2) is 59.1 Å². The SMILES string of the molecule is CC(=O)N(CCc1nc(C2CNCCN2C)no1)Cc1ccccc1.Cl. The smallest absolute Gasteiger partial charge is 0.228 e. The fraction of sp³-hybridized carbons (Fsp3) is 0.500. The van der Waals surface area contributed by atoms with E-state index >= 15 is 0 Å². The Morgan fingerprint density at radius 1 is 1.38 bits per heavy atom. The average molecular weight is 380 g/mol. The fourth-order valence-corrected chi connectivity index (χ4v) is 2.98. The topological polar surface area (TPSA) is 74.5 Å². The standard InChI is InChI=1S/C18H25N5O2.ClH/c1-14(24)23(13-15-6-4-3-5-7-15)10-8-17-20-18(21-25-17)16-12-19-9-11-22(16)2;/h3-7,16,19H,8-13H2,1-2H3;1H. The van der Waals surface area contributed by atoms with Crippen molar-refractivity contribution < 1.29 is 9.32 Å². The van der Waals surface area contributed by atoms with E-state index in [-0.39, 0.29) is 24.4 Å². The molecule has 1 amide bonds. The number of nitrogens with one attached hydrogen (secondary N) is 1. The molecule has 0 spiro atoms. The molecule has 0 bridgehead atoms. The van der Waals surface area contributed by atoms with Crippen LogP contribution in [0.2, 0.25) is 0 Å². The van der Waals surface area contributed by atoms with E-state index in [4.69, 9.17) is 4.52 Å². The molecule has 2 aromatic rings. The van der Waals surface area contributed by atoms with Crippen molar-refractivity contribution in [3.8, 4) is 0 Å². The molecule has 1 saturated heterocycles. The summed E-state index contributed by atoms with van der Waals surface area (Å²) in [5, 5.41) is 7.48. The summed E-state index contributed by atoms with van der Waals surface area (Å²) >= 11 is 0. The quantitative estimate of drug-likeness (QED) is 0.822.